The van der Waals surface area contributed by atoms with Gasteiger partial charge in [0.2, 0.25) is 5.91 Å². The van der Waals surface area contributed by atoms with Crippen LogP contribution < -0.4 is 15.4 Å². The lowest BCUT2D eigenvalue weighted by Crippen LogP contribution is -2.38. The number of aryl methyl sites for hydroxylation is 1. The molecule has 2 heterocycles. The van der Waals surface area contributed by atoms with Crippen molar-refractivity contribution in [2.75, 3.05) is 17.7 Å². The van der Waals surface area contributed by atoms with E-state index in [1.54, 1.807) is 18.0 Å². The number of aromatic nitrogens is 1. The number of pyridine rings is 1. The summed E-state index contributed by atoms with van der Waals surface area (Å²) in [5.74, 6) is 1.53. The van der Waals surface area contributed by atoms with E-state index < -0.39 is 0 Å². The first-order valence-corrected chi connectivity index (χ1v) is 11.7. The van der Waals surface area contributed by atoms with E-state index in [-0.39, 0.29) is 42.1 Å². The molecule has 176 valence electrons. The smallest absolute Gasteiger partial charge is 0.242 e. The third-order valence-electron chi connectivity index (χ3n) is 5.18. The zero-order valence-electron chi connectivity index (χ0n) is 18.2. The molecule has 5 nitrogen and oxygen atoms in total. The minimum atomic E-state index is -0.226. The van der Waals surface area contributed by atoms with Gasteiger partial charge in [0.1, 0.15) is 5.75 Å². The van der Waals surface area contributed by atoms with Gasteiger partial charge in [-0.3, -0.25) is 15.1 Å². The molecule has 1 aliphatic heterocycles. The monoisotopic (exact) mass is 505 g/mol. The SMILES string of the molecule is Cl.Cl.O=C(Nc1ccc(OCCCCc2ccccc2)cc1)C1CSC(c2cccnc2)N1. The first-order valence-electron chi connectivity index (χ1n) is 10.6. The molecule has 3 aromatic rings. The van der Waals surface area contributed by atoms with Crippen LogP contribution in [0.3, 0.4) is 0 Å². The molecule has 0 radical (unpaired) electrons. The molecule has 1 amide bonds. The summed E-state index contributed by atoms with van der Waals surface area (Å²) in [4.78, 5) is 16.8. The van der Waals surface area contributed by atoms with Gasteiger partial charge < -0.3 is 10.1 Å². The Kier molecular flexibility index (Phi) is 11.5. The van der Waals surface area contributed by atoms with Crippen LogP contribution in [-0.4, -0.2) is 29.3 Å². The molecule has 2 unspecified atom stereocenters. The molecular weight excluding hydrogens is 477 g/mol. The van der Waals surface area contributed by atoms with Crippen molar-refractivity contribution >= 4 is 48.2 Å². The zero-order chi connectivity index (χ0) is 21.3. The summed E-state index contributed by atoms with van der Waals surface area (Å²) >= 11 is 1.72. The van der Waals surface area contributed by atoms with Crippen LogP contribution in [0.5, 0.6) is 5.75 Å². The van der Waals surface area contributed by atoms with Gasteiger partial charge in [0.25, 0.3) is 0 Å². The highest BCUT2D eigenvalue weighted by atomic mass is 35.5. The van der Waals surface area contributed by atoms with Gasteiger partial charge in [-0.25, -0.2) is 0 Å². The van der Waals surface area contributed by atoms with Crippen LogP contribution in [0.1, 0.15) is 29.3 Å². The number of halogens is 2. The van der Waals surface area contributed by atoms with Gasteiger partial charge >= 0.3 is 0 Å². The topological polar surface area (TPSA) is 63.2 Å². The number of anilines is 1. The number of carbonyl (C=O) groups excluding carboxylic acids is 1. The summed E-state index contributed by atoms with van der Waals surface area (Å²) in [6.07, 6.45) is 6.78. The van der Waals surface area contributed by atoms with E-state index in [9.17, 15) is 4.79 Å². The predicted octanol–water partition coefficient (Wildman–Crippen LogP) is 5.67. The van der Waals surface area contributed by atoms with Crippen LogP contribution >= 0.6 is 36.6 Å². The van der Waals surface area contributed by atoms with E-state index in [2.05, 4.69) is 39.9 Å². The van der Waals surface area contributed by atoms with Gasteiger partial charge in [-0.1, -0.05) is 36.4 Å². The van der Waals surface area contributed by atoms with E-state index in [0.29, 0.717) is 6.61 Å². The minimum Gasteiger partial charge on any atom is -0.494 e. The maximum atomic E-state index is 12.6. The lowest BCUT2D eigenvalue weighted by molar-refractivity contribution is -0.117. The second kappa shape index (κ2) is 14.1. The van der Waals surface area contributed by atoms with E-state index >= 15 is 0 Å². The van der Waals surface area contributed by atoms with Crippen LogP contribution in [0.4, 0.5) is 5.69 Å². The first-order chi connectivity index (χ1) is 15.3. The summed E-state index contributed by atoms with van der Waals surface area (Å²) in [5, 5.41) is 6.47. The Morgan fingerprint density at radius 2 is 1.82 bits per heavy atom. The summed E-state index contributed by atoms with van der Waals surface area (Å²) in [6.45, 7) is 0.692. The maximum absolute atomic E-state index is 12.6. The minimum absolute atomic E-state index is 0. The second-order valence-electron chi connectivity index (χ2n) is 7.52. The summed E-state index contributed by atoms with van der Waals surface area (Å²) < 4.78 is 5.83. The quantitative estimate of drug-likeness (QED) is 0.366. The predicted molar refractivity (Wildman–Crippen MR) is 141 cm³/mol. The highest BCUT2D eigenvalue weighted by Gasteiger charge is 2.30. The lowest BCUT2D eigenvalue weighted by Gasteiger charge is -2.14. The van der Waals surface area contributed by atoms with Crippen molar-refractivity contribution in [1.29, 1.82) is 0 Å². The van der Waals surface area contributed by atoms with Crippen molar-refractivity contribution in [3.63, 3.8) is 0 Å². The zero-order valence-corrected chi connectivity index (χ0v) is 20.6. The Balaban J connectivity index is 0.00000193. The van der Waals surface area contributed by atoms with Crippen molar-refractivity contribution in [3.8, 4) is 5.75 Å². The van der Waals surface area contributed by atoms with Crippen LogP contribution in [-0.2, 0) is 11.2 Å². The summed E-state index contributed by atoms with van der Waals surface area (Å²) in [7, 11) is 0. The van der Waals surface area contributed by atoms with E-state index in [1.165, 1.54) is 5.56 Å². The van der Waals surface area contributed by atoms with Gasteiger partial charge in [-0.15, -0.1) is 36.6 Å². The fraction of sp³-hybridized carbons (Fsp3) is 0.280. The molecule has 1 saturated heterocycles. The Hall–Kier alpha value is -2.25. The number of amides is 1. The molecule has 8 heteroatoms. The number of nitrogens with one attached hydrogen (secondary N) is 2. The first kappa shape index (κ1) is 27.0. The molecule has 1 aliphatic rings. The number of benzene rings is 2. The highest BCUT2D eigenvalue weighted by Crippen LogP contribution is 2.32. The number of hydrogen-bond acceptors (Lipinski definition) is 5. The van der Waals surface area contributed by atoms with E-state index in [4.69, 9.17) is 4.74 Å². The Morgan fingerprint density at radius 3 is 2.55 bits per heavy atom. The number of rotatable bonds is 9. The van der Waals surface area contributed by atoms with Crippen LogP contribution in [0.25, 0.3) is 0 Å². The number of thioether (sulfide) groups is 1. The lowest BCUT2D eigenvalue weighted by atomic mass is 10.1. The highest BCUT2D eigenvalue weighted by molar-refractivity contribution is 7.99. The third-order valence-corrected chi connectivity index (χ3v) is 6.45. The van der Waals surface area contributed by atoms with E-state index in [0.717, 1.165) is 42.0 Å². The van der Waals surface area contributed by atoms with Crippen LogP contribution in [0.15, 0.2) is 79.1 Å². The van der Waals surface area contributed by atoms with Gasteiger partial charge in [0.15, 0.2) is 0 Å². The number of hydrogen-bond donors (Lipinski definition) is 2. The molecule has 2 N–H and O–H groups in total. The van der Waals surface area contributed by atoms with Gasteiger partial charge in [0.05, 0.1) is 18.0 Å². The molecular formula is C25H29Cl2N3O2S. The standard InChI is InChI=1S/C25H27N3O2S.2ClH/c29-24(23-18-31-25(28-23)20-10-6-15-26-17-20)27-21-11-13-22(14-12-21)30-16-5-4-9-19-7-2-1-3-8-19;;/h1-3,6-8,10-15,17,23,25,28H,4-5,9,16,18H2,(H,27,29);2*1H. The van der Waals surface area contributed by atoms with Gasteiger partial charge in [-0.05, 0) is 60.7 Å². The average Bonchev–Trinajstić information content (AvgIpc) is 3.32. The maximum Gasteiger partial charge on any atom is 0.242 e. The van der Waals surface area contributed by atoms with Gasteiger partial charge in [-0.2, -0.15) is 0 Å². The van der Waals surface area contributed by atoms with Crippen molar-refractivity contribution in [1.82, 2.24) is 10.3 Å². The van der Waals surface area contributed by atoms with Crippen molar-refractivity contribution in [3.05, 3.63) is 90.3 Å². The summed E-state index contributed by atoms with van der Waals surface area (Å²) in [6, 6.07) is 21.8. The molecule has 4 rings (SSSR count). The van der Waals surface area contributed by atoms with Crippen molar-refractivity contribution in [2.24, 2.45) is 0 Å². The second-order valence-corrected chi connectivity index (χ2v) is 8.66. The number of nitrogens with zero attached hydrogens (tertiary/aromatic N) is 1. The molecule has 2 atom stereocenters. The molecule has 0 bridgehead atoms. The molecule has 0 aliphatic carbocycles. The van der Waals surface area contributed by atoms with Gasteiger partial charge in [0, 0.05) is 23.8 Å². The molecule has 2 aromatic carbocycles. The Bertz CT molecular complexity index is 962. The molecule has 33 heavy (non-hydrogen) atoms. The Morgan fingerprint density at radius 1 is 1.03 bits per heavy atom. The number of ether oxygens (including phenoxy) is 1. The number of unbranched alkanes of at least 4 members (excludes halogenated alkanes) is 1. The van der Waals surface area contributed by atoms with Crippen LogP contribution in [0.2, 0.25) is 0 Å². The normalized spacial score (nSPS) is 16.8. The molecule has 0 spiro atoms. The third kappa shape index (κ3) is 8.23. The average molecular weight is 506 g/mol. The van der Waals surface area contributed by atoms with E-state index in [1.807, 2.05) is 48.7 Å². The fourth-order valence-electron chi connectivity index (χ4n) is 3.48. The number of carbonyl (C=O) groups is 1. The van der Waals surface area contributed by atoms with Crippen molar-refractivity contribution < 1.29 is 9.53 Å². The van der Waals surface area contributed by atoms with Crippen molar-refractivity contribution in [2.45, 2.75) is 30.7 Å². The molecule has 1 aromatic heterocycles. The molecule has 0 saturated carbocycles. The molecule has 1 fully saturated rings. The fourth-order valence-corrected chi connectivity index (χ4v) is 4.70. The Labute approximate surface area is 211 Å². The van der Waals surface area contributed by atoms with Crippen LogP contribution in [0, 0.1) is 0 Å². The summed E-state index contributed by atoms with van der Waals surface area (Å²) in [5.41, 5.74) is 3.23. The largest absolute Gasteiger partial charge is 0.494 e.